The number of nitrogens with zero attached hydrogens (tertiary/aromatic N) is 1. The van der Waals surface area contributed by atoms with Gasteiger partial charge in [0.1, 0.15) is 0 Å². The molecule has 0 spiro atoms. The number of amides is 1. The molecule has 2 aromatic rings. The Hall–Kier alpha value is -2.70. The van der Waals surface area contributed by atoms with Crippen LogP contribution < -0.4 is 5.32 Å². The lowest BCUT2D eigenvalue weighted by atomic mass is 9.98. The molecule has 0 aromatic heterocycles. The Labute approximate surface area is 164 Å². The number of morpholine rings is 1. The van der Waals surface area contributed by atoms with E-state index in [0.717, 1.165) is 25.2 Å². The molecule has 2 aliphatic heterocycles. The van der Waals surface area contributed by atoms with Crippen LogP contribution in [0.1, 0.15) is 21.5 Å². The summed E-state index contributed by atoms with van der Waals surface area (Å²) in [5.74, 6) is -0.711. The molecule has 6 heteroatoms. The smallest absolute Gasteiger partial charge is 0.339 e. The van der Waals surface area contributed by atoms with E-state index >= 15 is 0 Å². The summed E-state index contributed by atoms with van der Waals surface area (Å²) in [5, 5.41) is 2.89. The van der Waals surface area contributed by atoms with Gasteiger partial charge in [-0.25, -0.2) is 4.79 Å². The summed E-state index contributed by atoms with van der Waals surface area (Å²) in [6, 6.07) is 17.6. The van der Waals surface area contributed by atoms with Gasteiger partial charge in [-0.3, -0.25) is 9.69 Å². The molecule has 0 aliphatic carbocycles. The number of benzene rings is 2. The van der Waals surface area contributed by atoms with E-state index in [4.69, 9.17) is 9.47 Å². The van der Waals surface area contributed by atoms with Crippen molar-refractivity contribution in [2.45, 2.75) is 25.2 Å². The van der Waals surface area contributed by atoms with Crippen LogP contribution in [0.25, 0.3) is 0 Å². The first-order valence-electron chi connectivity index (χ1n) is 9.63. The number of cyclic esters (lactones) is 1. The fourth-order valence-corrected chi connectivity index (χ4v) is 3.70. The zero-order chi connectivity index (χ0) is 19.3. The highest BCUT2D eigenvalue weighted by Crippen LogP contribution is 2.20. The first-order chi connectivity index (χ1) is 13.7. The zero-order valence-electron chi connectivity index (χ0n) is 15.7. The number of nitrogens with one attached hydrogen (secondary N) is 1. The fourth-order valence-electron chi connectivity index (χ4n) is 3.70. The maximum absolute atomic E-state index is 12.5. The van der Waals surface area contributed by atoms with Crippen LogP contribution in [0.4, 0.5) is 0 Å². The van der Waals surface area contributed by atoms with Crippen LogP contribution in [-0.4, -0.2) is 55.2 Å². The quantitative estimate of drug-likeness (QED) is 0.801. The van der Waals surface area contributed by atoms with E-state index in [9.17, 15) is 9.59 Å². The topological polar surface area (TPSA) is 67.9 Å². The Bertz CT molecular complexity index is 839. The number of rotatable bonds is 5. The minimum Gasteiger partial charge on any atom is -0.448 e. The fraction of sp³-hybridized carbons (Fsp3) is 0.364. The molecule has 146 valence electrons. The minimum atomic E-state index is -0.786. The molecule has 1 saturated heterocycles. The van der Waals surface area contributed by atoms with Crippen LogP contribution in [0.15, 0.2) is 54.6 Å². The summed E-state index contributed by atoms with van der Waals surface area (Å²) in [6.45, 7) is 3.53. The highest BCUT2D eigenvalue weighted by atomic mass is 16.5. The summed E-state index contributed by atoms with van der Waals surface area (Å²) < 4.78 is 11.1. The molecular formula is C22H24N2O4. The van der Waals surface area contributed by atoms with Crippen molar-refractivity contribution < 1.29 is 19.1 Å². The third-order valence-corrected chi connectivity index (χ3v) is 5.16. The molecule has 2 heterocycles. The maximum Gasteiger partial charge on any atom is 0.339 e. The monoisotopic (exact) mass is 380 g/mol. The highest BCUT2D eigenvalue weighted by molar-refractivity contribution is 5.95. The molecule has 1 N–H and O–H groups in total. The summed E-state index contributed by atoms with van der Waals surface area (Å²) in [5.41, 5.74) is 2.65. The van der Waals surface area contributed by atoms with Gasteiger partial charge < -0.3 is 14.8 Å². The van der Waals surface area contributed by atoms with E-state index < -0.39 is 12.1 Å². The molecule has 1 amide bonds. The predicted molar refractivity (Wildman–Crippen MR) is 104 cm³/mol. The van der Waals surface area contributed by atoms with Crippen LogP contribution >= 0.6 is 0 Å². The van der Waals surface area contributed by atoms with Crippen molar-refractivity contribution >= 4 is 11.9 Å². The van der Waals surface area contributed by atoms with E-state index in [1.54, 1.807) is 12.1 Å². The number of fused-ring (bicyclic) bond motifs is 1. The standard InChI is InChI=1S/C22H24N2O4/c25-21(20-12-17-8-4-5-9-19(17)22(26)28-20)23-13-18-15-24(10-11-27-18)14-16-6-2-1-3-7-16/h1-9,18,20H,10-15H2,(H,23,25). The molecule has 4 rings (SSSR count). The second kappa shape index (κ2) is 8.54. The van der Waals surface area contributed by atoms with Gasteiger partial charge in [0.15, 0.2) is 6.10 Å². The molecule has 2 aromatic carbocycles. The van der Waals surface area contributed by atoms with Gasteiger partial charge >= 0.3 is 5.97 Å². The molecule has 28 heavy (non-hydrogen) atoms. The van der Waals surface area contributed by atoms with Crippen molar-refractivity contribution in [1.29, 1.82) is 0 Å². The number of esters is 1. The molecule has 2 atom stereocenters. The summed E-state index contributed by atoms with van der Waals surface area (Å²) >= 11 is 0. The lowest BCUT2D eigenvalue weighted by molar-refractivity contribution is -0.131. The highest BCUT2D eigenvalue weighted by Gasteiger charge is 2.31. The molecular weight excluding hydrogens is 356 g/mol. The Morgan fingerprint density at radius 3 is 2.75 bits per heavy atom. The molecule has 1 fully saturated rings. The number of ether oxygens (including phenoxy) is 2. The summed E-state index contributed by atoms with van der Waals surface area (Å²) in [4.78, 5) is 26.9. The number of hydrogen-bond donors (Lipinski definition) is 1. The van der Waals surface area contributed by atoms with Crippen LogP contribution in [0.3, 0.4) is 0 Å². The van der Waals surface area contributed by atoms with Crippen molar-refractivity contribution in [3.8, 4) is 0 Å². The van der Waals surface area contributed by atoms with Crippen molar-refractivity contribution in [1.82, 2.24) is 10.2 Å². The minimum absolute atomic E-state index is 0.0759. The number of hydrogen-bond acceptors (Lipinski definition) is 5. The predicted octanol–water partition coefficient (Wildman–Crippen LogP) is 1.79. The van der Waals surface area contributed by atoms with Gasteiger partial charge in [-0.15, -0.1) is 0 Å². The van der Waals surface area contributed by atoms with Gasteiger partial charge in [0.25, 0.3) is 5.91 Å². The summed E-state index contributed by atoms with van der Waals surface area (Å²) in [6.07, 6.45) is -0.459. The molecule has 2 aliphatic rings. The first-order valence-corrected chi connectivity index (χ1v) is 9.63. The lowest BCUT2D eigenvalue weighted by Gasteiger charge is -2.33. The molecule has 0 saturated carbocycles. The first kappa shape index (κ1) is 18.7. The van der Waals surface area contributed by atoms with E-state index in [0.29, 0.717) is 25.1 Å². The van der Waals surface area contributed by atoms with Crippen molar-refractivity contribution in [2.75, 3.05) is 26.2 Å². The Kier molecular flexibility index (Phi) is 5.69. The van der Waals surface area contributed by atoms with Crippen molar-refractivity contribution in [3.63, 3.8) is 0 Å². The largest absolute Gasteiger partial charge is 0.448 e. The van der Waals surface area contributed by atoms with Gasteiger partial charge in [-0.2, -0.15) is 0 Å². The van der Waals surface area contributed by atoms with Gasteiger partial charge in [-0.05, 0) is 17.2 Å². The second-order valence-electron chi connectivity index (χ2n) is 7.21. The van der Waals surface area contributed by atoms with Gasteiger partial charge in [-0.1, -0.05) is 48.5 Å². The van der Waals surface area contributed by atoms with Crippen LogP contribution in [0, 0.1) is 0 Å². The normalized spacial score (nSPS) is 22.2. The SMILES string of the molecule is O=C1OC(C(=O)NCC2CN(Cc3ccccc3)CCO2)Cc2ccccc21. The van der Waals surface area contributed by atoms with E-state index in [2.05, 4.69) is 22.3 Å². The Morgan fingerprint density at radius 1 is 1.11 bits per heavy atom. The summed E-state index contributed by atoms with van der Waals surface area (Å²) in [7, 11) is 0. The van der Waals surface area contributed by atoms with Crippen LogP contribution in [0.5, 0.6) is 0 Å². The Balaban J connectivity index is 1.28. The van der Waals surface area contributed by atoms with E-state index in [-0.39, 0.29) is 12.0 Å². The Morgan fingerprint density at radius 2 is 1.89 bits per heavy atom. The average molecular weight is 380 g/mol. The number of carbonyl (C=O) groups excluding carboxylic acids is 2. The van der Waals surface area contributed by atoms with Crippen molar-refractivity contribution in [3.05, 3.63) is 71.3 Å². The van der Waals surface area contributed by atoms with Gasteiger partial charge in [0.05, 0.1) is 18.3 Å². The maximum atomic E-state index is 12.5. The molecule has 2 unspecified atom stereocenters. The lowest BCUT2D eigenvalue weighted by Crippen LogP contribution is -2.49. The van der Waals surface area contributed by atoms with Gasteiger partial charge in [0, 0.05) is 32.6 Å². The average Bonchev–Trinajstić information content (AvgIpc) is 2.73. The third kappa shape index (κ3) is 4.40. The van der Waals surface area contributed by atoms with Gasteiger partial charge in [0.2, 0.25) is 0 Å². The van der Waals surface area contributed by atoms with E-state index in [1.165, 1.54) is 5.56 Å². The van der Waals surface area contributed by atoms with Crippen LogP contribution in [0.2, 0.25) is 0 Å². The van der Waals surface area contributed by atoms with Crippen LogP contribution in [-0.2, 0) is 27.2 Å². The zero-order valence-corrected chi connectivity index (χ0v) is 15.7. The third-order valence-electron chi connectivity index (χ3n) is 5.16. The molecule has 0 bridgehead atoms. The number of carbonyl (C=O) groups is 2. The molecule has 6 nitrogen and oxygen atoms in total. The second-order valence-corrected chi connectivity index (χ2v) is 7.21. The van der Waals surface area contributed by atoms with E-state index in [1.807, 2.05) is 30.3 Å². The molecule has 0 radical (unpaired) electrons. The van der Waals surface area contributed by atoms with Crippen molar-refractivity contribution in [2.24, 2.45) is 0 Å².